The highest BCUT2D eigenvalue weighted by atomic mass is 16.6. The number of esters is 1. The van der Waals surface area contributed by atoms with E-state index in [1.807, 2.05) is 30.3 Å². The van der Waals surface area contributed by atoms with Crippen molar-refractivity contribution < 1.29 is 14.5 Å². The number of hydrogen-bond acceptors (Lipinski definition) is 4. The number of carbonyl (C=O) groups is 1. The molecule has 2 aromatic carbocycles. The van der Waals surface area contributed by atoms with Crippen LogP contribution in [0.3, 0.4) is 0 Å². The predicted octanol–water partition coefficient (Wildman–Crippen LogP) is 3.51. The molecule has 5 nitrogen and oxygen atoms in total. The Morgan fingerprint density at radius 2 is 1.70 bits per heavy atom. The van der Waals surface area contributed by atoms with Crippen LogP contribution in [0.1, 0.15) is 28.9 Å². The van der Waals surface area contributed by atoms with Crippen LogP contribution in [0.25, 0.3) is 0 Å². The maximum atomic E-state index is 11.9. The summed E-state index contributed by atoms with van der Waals surface area (Å²) in [5.41, 5.74) is 1.12. The van der Waals surface area contributed by atoms with Crippen LogP contribution in [0, 0.1) is 10.1 Å². The van der Waals surface area contributed by atoms with Crippen LogP contribution in [-0.2, 0) is 4.74 Å². The lowest BCUT2D eigenvalue weighted by molar-refractivity contribution is -0.384. The number of nitrogens with zero attached hydrogens (tertiary/aromatic N) is 1. The zero-order valence-corrected chi connectivity index (χ0v) is 10.9. The maximum absolute atomic E-state index is 11.9. The summed E-state index contributed by atoms with van der Waals surface area (Å²) in [6.45, 7) is 1.78. The Hall–Kier alpha value is -2.69. The van der Waals surface area contributed by atoms with Crippen LogP contribution in [-0.4, -0.2) is 10.9 Å². The topological polar surface area (TPSA) is 69.4 Å². The highest BCUT2D eigenvalue weighted by molar-refractivity contribution is 5.89. The minimum atomic E-state index is -0.512. The second-order valence-corrected chi connectivity index (χ2v) is 4.26. The largest absolute Gasteiger partial charge is 0.454 e. The summed E-state index contributed by atoms with van der Waals surface area (Å²) in [7, 11) is 0. The fourth-order valence-electron chi connectivity index (χ4n) is 1.74. The molecule has 0 unspecified atom stereocenters. The van der Waals surface area contributed by atoms with E-state index in [9.17, 15) is 14.9 Å². The van der Waals surface area contributed by atoms with Gasteiger partial charge >= 0.3 is 5.97 Å². The van der Waals surface area contributed by atoms with Crippen molar-refractivity contribution in [1.82, 2.24) is 0 Å². The number of benzene rings is 2. The van der Waals surface area contributed by atoms with E-state index in [4.69, 9.17) is 4.74 Å². The molecule has 0 aliphatic rings. The van der Waals surface area contributed by atoms with Crippen molar-refractivity contribution in [2.45, 2.75) is 13.0 Å². The molecular weight excluding hydrogens is 258 g/mol. The lowest BCUT2D eigenvalue weighted by Crippen LogP contribution is -2.09. The van der Waals surface area contributed by atoms with E-state index in [0.29, 0.717) is 5.56 Å². The molecule has 0 aromatic heterocycles. The standard InChI is InChI=1S/C15H13NO4/c1-11(12-5-3-2-4-6-12)20-15(17)13-7-9-14(10-8-13)16(18)19/h2-11H,1H3/t11-/m1/s1. The first-order valence-corrected chi connectivity index (χ1v) is 6.08. The Bertz CT molecular complexity index is 608. The number of hydrogen-bond donors (Lipinski definition) is 0. The molecular formula is C15H13NO4. The second-order valence-electron chi connectivity index (χ2n) is 4.26. The molecule has 5 heteroatoms. The van der Waals surface area contributed by atoms with E-state index in [1.54, 1.807) is 6.92 Å². The molecule has 0 amide bonds. The van der Waals surface area contributed by atoms with Crippen molar-refractivity contribution in [1.29, 1.82) is 0 Å². The second kappa shape index (κ2) is 5.97. The van der Waals surface area contributed by atoms with Crippen LogP contribution in [0.15, 0.2) is 54.6 Å². The molecule has 1 atom stereocenters. The SMILES string of the molecule is C[C@@H](OC(=O)c1ccc([N+](=O)[O-])cc1)c1ccccc1. The Balaban J connectivity index is 2.06. The Morgan fingerprint density at radius 1 is 1.10 bits per heavy atom. The van der Waals surface area contributed by atoms with Gasteiger partial charge in [0, 0.05) is 12.1 Å². The molecule has 0 radical (unpaired) electrons. The van der Waals surface area contributed by atoms with E-state index in [1.165, 1.54) is 24.3 Å². The summed E-state index contributed by atoms with van der Waals surface area (Å²) in [5, 5.41) is 10.5. The molecule has 0 fully saturated rings. The fourth-order valence-corrected chi connectivity index (χ4v) is 1.74. The minimum Gasteiger partial charge on any atom is -0.454 e. The van der Waals surface area contributed by atoms with Crippen LogP contribution in [0.5, 0.6) is 0 Å². The third-order valence-electron chi connectivity index (χ3n) is 2.87. The predicted molar refractivity (Wildman–Crippen MR) is 73.4 cm³/mol. The summed E-state index contributed by atoms with van der Waals surface area (Å²) in [6, 6.07) is 14.7. The average molecular weight is 271 g/mol. The lowest BCUT2D eigenvalue weighted by Gasteiger charge is -2.13. The molecule has 2 aromatic rings. The molecule has 0 saturated carbocycles. The first kappa shape index (κ1) is 13.7. The van der Waals surface area contributed by atoms with Gasteiger partial charge < -0.3 is 4.74 Å². The fraction of sp³-hybridized carbons (Fsp3) is 0.133. The van der Waals surface area contributed by atoms with Gasteiger partial charge in [0.2, 0.25) is 0 Å². The third-order valence-corrected chi connectivity index (χ3v) is 2.87. The van der Waals surface area contributed by atoms with Crippen LogP contribution in [0.2, 0.25) is 0 Å². The number of nitro benzene ring substituents is 1. The Kier molecular flexibility index (Phi) is 4.10. The van der Waals surface area contributed by atoms with Crippen molar-refractivity contribution >= 4 is 11.7 Å². The molecule has 20 heavy (non-hydrogen) atoms. The quantitative estimate of drug-likeness (QED) is 0.484. The van der Waals surface area contributed by atoms with Gasteiger partial charge in [-0.3, -0.25) is 10.1 Å². The third kappa shape index (κ3) is 3.20. The Morgan fingerprint density at radius 3 is 2.25 bits per heavy atom. The highest BCUT2D eigenvalue weighted by Gasteiger charge is 2.14. The molecule has 0 bridgehead atoms. The number of carbonyl (C=O) groups excluding carboxylic acids is 1. The van der Waals surface area contributed by atoms with Crippen molar-refractivity contribution in [3.05, 3.63) is 75.8 Å². The number of nitro groups is 1. The van der Waals surface area contributed by atoms with Crippen molar-refractivity contribution in [3.8, 4) is 0 Å². The van der Waals surface area contributed by atoms with E-state index < -0.39 is 10.9 Å². The summed E-state index contributed by atoms with van der Waals surface area (Å²) in [5.74, 6) is -0.503. The molecule has 2 rings (SSSR count). The van der Waals surface area contributed by atoms with E-state index >= 15 is 0 Å². The summed E-state index contributed by atoms with van der Waals surface area (Å²) < 4.78 is 5.31. The van der Waals surface area contributed by atoms with Gasteiger partial charge in [-0.1, -0.05) is 30.3 Å². The zero-order valence-electron chi connectivity index (χ0n) is 10.9. The van der Waals surface area contributed by atoms with Gasteiger partial charge in [-0.05, 0) is 24.6 Å². The van der Waals surface area contributed by atoms with Crippen LogP contribution in [0.4, 0.5) is 5.69 Å². The first-order valence-electron chi connectivity index (χ1n) is 6.08. The maximum Gasteiger partial charge on any atom is 0.338 e. The lowest BCUT2D eigenvalue weighted by atomic mass is 10.1. The number of non-ortho nitro benzene ring substituents is 1. The highest BCUT2D eigenvalue weighted by Crippen LogP contribution is 2.19. The van der Waals surface area contributed by atoms with Gasteiger partial charge in [0.05, 0.1) is 10.5 Å². The van der Waals surface area contributed by atoms with Gasteiger partial charge in [0.1, 0.15) is 6.10 Å². The zero-order chi connectivity index (χ0) is 14.5. The molecule has 0 saturated heterocycles. The average Bonchev–Trinajstić information content (AvgIpc) is 2.48. The summed E-state index contributed by atoms with van der Waals surface area (Å²) in [6.07, 6.45) is -0.376. The van der Waals surface area contributed by atoms with Gasteiger partial charge in [-0.2, -0.15) is 0 Å². The van der Waals surface area contributed by atoms with Crippen molar-refractivity contribution in [3.63, 3.8) is 0 Å². The summed E-state index contributed by atoms with van der Waals surface area (Å²) >= 11 is 0. The van der Waals surface area contributed by atoms with Crippen LogP contribution >= 0.6 is 0 Å². The summed E-state index contributed by atoms with van der Waals surface area (Å²) in [4.78, 5) is 21.9. The monoisotopic (exact) mass is 271 g/mol. The molecule has 0 N–H and O–H groups in total. The van der Waals surface area contributed by atoms with Gasteiger partial charge in [0.15, 0.2) is 0 Å². The van der Waals surface area contributed by atoms with Crippen LogP contribution < -0.4 is 0 Å². The number of ether oxygens (including phenoxy) is 1. The molecule has 0 heterocycles. The van der Waals surface area contributed by atoms with Crippen molar-refractivity contribution in [2.24, 2.45) is 0 Å². The van der Waals surface area contributed by atoms with E-state index in [-0.39, 0.29) is 11.8 Å². The van der Waals surface area contributed by atoms with Crippen molar-refractivity contribution in [2.75, 3.05) is 0 Å². The van der Waals surface area contributed by atoms with E-state index in [0.717, 1.165) is 5.56 Å². The normalized spacial score (nSPS) is 11.7. The van der Waals surface area contributed by atoms with Gasteiger partial charge in [0.25, 0.3) is 5.69 Å². The molecule has 0 aliphatic heterocycles. The molecule has 102 valence electrons. The first-order chi connectivity index (χ1) is 9.58. The Labute approximate surface area is 116 Å². The number of rotatable bonds is 4. The van der Waals surface area contributed by atoms with Gasteiger partial charge in [-0.25, -0.2) is 4.79 Å². The minimum absolute atomic E-state index is 0.0577. The smallest absolute Gasteiger partial charge is 0.338 e. The molecule has 0 spiro atoms. The van der Waals surface area contributed by atoms with E-state index in [2.05, 4.69) is 0 Å². The molecule has 0 aliphatic carbocycles. The van der Waals surface area contributed by atoms with Gasteiger partial charge in [-0.15, -0.1) is 0 Å².